The van der Waals surface area contributed by atoms with Crippen LogP contribution < -0.4 is 20.1 Å². The molecule has 11 heteroatoms. The maximum absolute atomic E-state index is 12.3. The van der Waals surface area contributed by atoms with Crippen LogP contribution >= 0.6 is 0 Å². The first-order valence-electron chi connectivity index (χ1n) is 16.8. The Morgan fingerprint density at radius 1 is 1.00 bits per heavy atom. The van der Waals surface area contributed by atoms with Crippen LogP contribution in [-0.4, -0.2) is 93.0 Å². The van der Waals surface area contributed by atoms with Gasteiger partial charge in [-0.25, -0.2) is 9.55 Å². The number of anilines is 2. The first-order chi connectivity index (χ1) is 22.5. The van der Waals surface area contributed by atoms with Crippen molar-refractivity contribution in [3.8, 4) is 0 Å². The first kappa shape index (κ1) is 30.6. The van der Waals surface area contributed by atoms with Gasteiger partial charge in [-0.05, 0) is 43.5 Å². The number of aromatic amines is 1. The Morgan fingerprint density at radius 3 is 2.37 bits per heavy atom. The molecule has 3 fully saturated rings. The van der Waals surface area contributed by atoms with Crippen molar-refractivity contribution in [1.29, 1.82) is 0 Å². The number of fused-ring (bicyclic) bond motifs is 1. The summed E-state index contributed by atoms with van der Waals surface area (Å²) < 4.78 is 2.05. The molecule has 2 aliphatic heterocycles. The molecule has 1 amide bonds. The van der Waals surface area contributed by atoms with Gasteiger partial charge in [0.05, 0.1) is 19.1 Å². The zero-order valence-electron chi connectivity index (χ0n) is 26.4. The van der Waals surface area contributed by atoms with Crippen LogP contribution in [0.3, 0.4) is 0 Å². The van der Waals surface area contributed by atoms with Gasteiger partial charge < -0.3 is 20.8 Å². The van der Waals surface area contributed by atoms with E-state index in [1.54, 1.807) is 13.3 Å². The molecule has 0 radical (unpaired) electrons. The van der Waals surface area contributed by atoms with Crippen LogP contribution in [0.25, 0.3) is 11.2 Å². The van der Waals surface area contributed by atoms with Gasteiger partial charge in [0.1, 0.15) is 18.2 Å². The Labute approximate surface area is 269 Å². The number of carbonyl (C=O) groups excluding carboxylic acids is 1. The van der Waals surface area contributed by atoms with Gasteiger partial charge in [0, 0.05) is 31.3 Å². The quantitative estimate of drug-likeness (QED) is 0.170. The van der Waals surface area contributed by atoms with Crippen LogP contribution in [0.1, 0.15) is 62.1 Å². The normalized spacial score (nSPS) is 25.1. The Balaban J connectivity index is 1.24. The van der Waals surface area contributed by atoms with E-state index in [-0.39, 0.29) is 11.8 Å². The van der Waals surface area contributed by atoms with Gasteiger partial charge in [0.2, 0.25) is 5.91 Å². The van der Waals surface area contributed by atoms with Crippen molar-refractivity contribution in [2.45, 2.75) is 75.3 Å². The summed E-state index contributed by atoms with van der Waals surface area (Å²) in [5.41, 5.74) is 3.83. The third-order valence-corrected chi connectivity index (χ3v) is 10.2. The van der Waals surface area contributed by atoms with Crippen LogP contribution in [-0.2, 0) is 4.79 Å². The number of aromatic nitrogens is 4. The van der Waals surface area contributed by atoms with E-state index in [0.717, 1.165) is 44.1 Å². The third-order valence-electron chi connectivity index (χ3n) is 10.2. The molecule has 4 aromatic rings. The van der Waals surface area contributed by atoms with Crippen LogP contribution in [0.2, 0.25) is 0 Å². The highest BCUT2D eigenvalue weighted by atomic mass is 16.3. The highest BCUT2D eigenvalue weighted by molar-refractivity contribution is 5.81. The van der Waals surface area contributed by atoms with E-state index >= 15 is 0 Å². The standard InChI is InChI=1S/C35H44N8O3/c1-2-29(44)39-27-19-28(32(46)31(27)45)43-34-30(40-35(43)42-18-15-25(21-42)41-16-9-10-17-41)33(37-22-38-34)36-20-26(23-11-5-3-6-12-23)24-13-7-4-8-14-24/h3-8,11-14,22,25-28,31-32,45-46H,2,9-10,15-21H2,1H3,(H2,36,37,38,39,44)/p+1/t25-,27-,28-,31-,32+/m1/s1. The number of hydrogen-bond donors (Lipinski definition) is 5. The zero-order valence-corrected chi connectivity index (χ0v) is 26.4. The van der Waals surface area contributed by atoms with E-state index in [2.05, 4.69) is 78.9 Å². The van der Waals surface area contributed by atoms with E-state index in [1.165, 1.54) is 24.0 Å². The Bertz CT molecular complexity index is 1590. The largest absolute Gasteiger partial charge is 0.388 e. The Morgan fingerprint density at radius 2 is 1.70 bits per heavy atom. The zero-order chi connectivity index (χ0) is 31.6. The molecular formula is C35H45N8O3+. The number of amides is 1. The molecule has 7 rings (SSSR count). The minimum absolute atomic E-state index is 0.100. The number of benzene rings is 2. The van der Waals surface area contributed by atoms with Crippen LogP contribution in [0.4, 0.5) is 11.8 Å². The van der Waals surface area contributed by atoms with Crippen molar-refractivity contribution in [3.05, 3.63) is 78.1 Å². The average Bonchev–Trinajstić information content (AvgIpc) is 3.90. The first-order valence-corrected chi connectivity index (χ1v) is 16.8. The molecule has 2 saturated heterocycles. The number of rotatable bonds is 10. The summed E-state index contributed by atoms with van der Waals surface area (Å²) >= 11 is 0. The van der Waals surface area contributed by atoms with Crippen LogP contribution in [0.5, 0.6) is 0 Å². The molecule has 1 aliphatic carbocycles. The van der Waals surface area contributed by atoms with E-state index < -0.39 is 24.3 Å². The second kappa shape index (κ2) is 13.4. The summed E-state index contributed by atoms with van der Waals surface area (Å²) in [7, 11) is 0. The number of aliphatic hydroxyl groups is 2. The minimum Gasteiger partial charge on any atom is -0.388 e. The lowest BCUT2D eigenvalue weighted by molar-refractivity contribution is -0.694. The number of nitrogens with one attached hydrogen (secondary N) is 3. The molecule has 0 unspecified atom stereocenters. The van der Waals surface area contributed by atoms with Gasteiger partial charge in [0.25, 0.3) is 5.65 Å². The van der Waals surface area contributed by atoms with Crippen LogP contribution in [0.15, 0.2) is 67.0 Å². The Hall–Kier alpha value is -4.06. The molecule has 1 saturated carbocycles. The lowest BCUT2D eigenvalue weighted by Crippen LogP contribution is -2.49. The Kier molecular flexibility index (Phi) is 8.88. The lowest BCUT2D eigenvalue weighted by atomic mass is 9.91. The molecular weight excluding hydrogens is 580 g/mol. The van der Waals surface area contributed by atoms with Gasteiger partial charge in [-0.3, -0.25) is 19.6 Å². The van der Waals surface area contributed by atoms with Gasteiger partial charge in [-0.15, -0.1) is 4.98 Å². The summed E-state index contributed by atoms with van der Waals surface area (Å²) in [6.07, 6.45) is 3.66. The van der Waals surface area contributed by atoms with Gasteiger partial charge in [0.15, 0.2) is 17.7 Å². The highest BCUT2D eigenvalue weighted by Gasteiger charge is 2.48. The van der Waals surface area contributed by atoms with Crippen LogP contribution in [0, 0.1) is 0 Å². The molecule has 5 atom stereocenters. The van der Waals surface area contributed by atoms with Crippen molar-refractivity contribution in [1.82, 2.24) is 25.2 Å². The second-order valence-corrected chi connectivity index (χ2v) is 12.9. The number of H-pyrrole nitrogens is 1. The predicted molar refractivity (Wildman–Crippen MR) is 177 cm³/mol. The predicted octanol–water partition coefficient (Wildman–Crippen LogP) is 2.73. The molecule has 5 N–H and O–H groups in total. The molecule has 2 aromatic heterocycles. The molecule has 3 aliphatic rings. The SMILES string of the molecule is CCC(=O)N[C@@H]1C[C@@H]([n+]2c(N3CC[C@@H](N4CCCC4)C3)[nH]c3c(NCC(c4ccccc4)c4ccccc4)ncnc32)[C@H](O)[C@@H]1O. The van der Waals surface area contributed by atoms with Crippen molar-refractivity contribution < 1.29 is 19.6 Å². The van der Waals surface area contributed by atoms with Gasteiger partial charge >= 0.3 is 5.95 Å². The summed E-state index contributed by atoms with van der Waals surface area (Å²) in [6.45, 7) is 6.42. The molecule has 0 bridgehead atoms. The van der Waals surface area contributed by atoms with Crippen molar-refractivity contribution in [2.75, 3.05) is 42.9 Å². The fraction of sp³-hybridized carbons (Fsp3) is 0.486. The summed E-state index contributed by atoms with van der Waals surface area (Å²) in [5.74, 6) is 1.49. The maximum Gasteiger partial charge on any atom is 0.317 e. The number of carbonyl (C=O) groups is 1. The fourth-order valence-corrected chi connectivity index (χ4v) is 7.68. The average molecular weight is 626 g/mol. The molecule has 11 nitrogen and oxygen atoms in total. The van der Waals surface area contributed by atoms with E-state index in [1.807, 2.05) is 16.7 Å². The summed E-state index contributed by atoms with van der Waals surface area (Å²) in [6, 6.07) is 20.4. The minimum atomic E-state index is -1.08. The fourth-order valence-electron chi connectivity index (χ4n) is 7.68. The lowest BCUT2D eigenvalue weighted by Gasteiger charge is -2.23. The molecule has 46 heavy (non-hydrogen) atoms. The topological polar surface area (TPSA) is 134 Å². The third kappa shape index (κ3) is 5.94. The molecule has 2 aromatic carbocycles. The van der Waals surface area contributed by atoms with Gasteiger partial charge in [-0.2, -0.15) is 0 Å². The highest BCUT2D eigenvalue weighted by Crippen LogP contribution is 2.34. The number of aliphatic hydroxyl groups excluding tert-OH is 2. The van der Waals surface area contributed by atoms with Gasteiger partial charge in [-0.1, -0.05) is 67.6 Å². The summed E-state index contributed by atoms with van der Waals surface area (Å²) in [4.78, 5) is 30.3. The van der Waals surface area contributed by atoms with E-state index in [9.17, 15) is 15.0 Å². The summed E-state index contributed by atoms with van der Waals surface area (Å²) in [5, 5.41) is 29.0. The van der Waals surface area contributed by atoms with Crippen molar-refractivity contribution in [2.24, 2.45) is 0 Å². The van der Waals surface area contributed by atoms with E-state index in [4.69, 9.17) is 4.98 Å². The number of imidazole rings is 1. The second-order valence-electron chi connectivity index (χ2n) is 12.9. The van der Waals surface area contributed by atoms with Crippen molar-refractivity contribution in [3.63, 3.8) is 0 Å². The maximum atomic E-state index is 12.3. The number of hydrogen-bond acceptors (Lipinski definition) is 8. The van der Waals surface area contributed by atoms with Crippen molar-refractivity contribution >= 4 is 28.8 Å². The van der Waals surface area contributed by atoms with E-state index in [0.29, 0.717) is 36.9 Å². The number of nitrogens with zero attached hydrogens (tertiary/aromatic N) is 5. The smallest absolute Gasteiger partial charge is 0.317 e. The number of likely N-dealkylation sites (tertiary alicyclic amines) is 1. The molecule has 242 valence electrons. The molecule has 4 heterocycles. The monoisotopic (exact) mass is 625 g/mol. The molecule has 0 spiro atoms.